The molecular weight excluding hydrogens is 400 g/mol. The number of nitro groups is 1. The number of rotatable bonds is 2. The zero-order chi connectivity index (χ0) is 19.4. The summed E-state index contributed by atoms with van der Waals surface area (Å²) in [6.45, 7) is 0. The summed E-state index contributed by atoms with van der Waals surface area (Å²) < 4.78 is 5.55. The van der Waals surface area contributed by atoms with Crippen molar-refractivity contribution in [1.82, 2.24) is 4.98 Å². The van der Waals surface area contributed by atoms with Crippen LogP contribution in [0.3, 0.4) is 0 Å². The highest BCUT2D eigenvalue weighted by Crippen LogP contribution is 2.58. The third kappa shape index (κ3) is 2.58. The zero-order valence-corrected chi connectivity index (χ0v) is 15.8. The lowest BCUT2D eigenvalue weighted by molar-refractivity contribution is -0.385. The van der Waals surface area contributed by atoms with Crippen LogP contribution in [0, 0.1) is 16.0 Å². The highest BCUT2D eigenvalue weighted by molar-refractivity contribution is 7.99. The zero-order valence-electron chi connectivity index (χ0n) is 14.2. The van der Waals surface area contributed by atoms with Crippen LogP contribution in [-0.4, -0.2) is 15.9 Å². The Hall–Kier alpha value is -2.91. The normalized spacial score (nSPS) is 22.6. The van der Waals surface area contributed by atoms with E-state index in [-0.39, 0.29) is 21.8 Å². The Morgan fingerprint density at radius 3 is 2.64 bits per heavy atom. The fraction of sp³-hybridized carbons (Fsp3) is 0.158. The summed E-state index contributed by atoms with van der Waals surface area (Å²) in [5, 5.41) is 11.7. The predicted octanol–water partition coefficient (Wildman–Crippen LogP) is 3.86. The molecule has 9 heteroatoms. The van der Waals surface area contributed by atoms with Gasteiger partial charge in [0.15, 0.2) is 0 Å². The minimum Gasteiger partial charge on any atom is -0.426 e. The Kier molecular flexibility index (Phi) is 3.88. The second kappa shape index (κ2) is 6.32. The first kappa shape index (κ1) is 17.2. The number of carbonyl (C=O) groups excluding carboxylic acids is 1. The van der Waals surface area contributed by atoms with E-state index < -0.39 is 16.8 Å². The van der Waals surface area contributed by atoms with Crippen molar-refractivity contribution in [2.24, 2.45) is 5.92 Å². The molecule has 0 saturated heterocycles. The quantitative estimate of drug-likeness (QED) is 0.297. The lowest BCUT2D eigenvalue weighted by Gasteiger charge is -2.39. The second-order valence-electron chi connectivity index (χ2n) is 6.56. The molecular formula is C19H12N2O5S2. The number of aromatic nitrogens is 1. The first-order valence-corrected chi connectivity index (χ1v) is 10.2. The van der Waals surface area contributed by atoms with Gasteiger partial charge in [0.2, 0.25) is 0 Å². The average molecular weight is 412 g/mol. The number of hydrogen-bond acceptors (Lipinski definition) is 7. The van der Waals surface area contributed by atoms with E-state index in [1.807, 2.05) is 30.3 Å². The van der Waals surface area contributed by atoms with E-state index in [0.717, 1.165) is 21.8 Å². The summed E-state index contributed by atoms with van der Waals surface area (Å²) in [5.74, 6) is -1.14. The van der Waals surface area contributed by atoms with Gasteiger partial charge in [0.05, 0.1) is 21.1 Å². The Morgan fingerprint density at radius 1 is 1.11 bits per heavy atom. The molecule has 2 aromatic carbocycles. The van der Waals surface area contributed by atoms with Crippen molar-refractivity contribution in [2.75, 3.05) is 0 Å². The van der Waals surface area contributed by atoms with Crippen LogP contribution in [0.2, 0.25) is 0 Å². The van der Waals surface area contributed by atoms with Gasteiger partial charge in [-0.1, -0.05) is 53.4 Å². The number of thiazole rings is 1. The molecule has 0 fully saturated rings. The van der Waals surface area contributed by atoms with Crippen LogP contribution in [-0.2, 0) is 4.79 Å². The van der Waals surface area contributed by atoms with Gasteiger partial charge in [-0.15, -0.1) is 0 Å². The Balaban J connectivity index is 1.75. The average Bonchev–Trinajstić information content (AvgIpc) is 3.07. The van der Waals surface area contributed by atoms with Crippen molar-refractivity contribution >= 4 is 34.8 Å². The molecule has 0 saturated carbocycles. The van der Waals surface area contributed by atoms with Crippen LogP contribution in [0.15, 0.2) is 58.4 Å². The van der Waals surface area contributed by atoms with Gasteiger partial charge >= 0.3 is 10.8 Å². The van der Waals surface area contributed by atoms with Crippen LogP contribution in [0.4, 0.5) is 5.69 Å². The first-order chi connectivity index (χ1) is 13.5. The first-order valence-electron chi connectivity index (χ1n) is 8.47. The number of benzene rings is 2. The number of esters is 1. The van der Waals surface area contributed by atoms with Crippen LogP contribution in [0.5, 0.6) is 5.75 Å². The van der Waals surface area contributed by atoms with E-state index in [1.165, 1.54) is 30.0 Å². The standard InChI is InChI=1S/C19H12N2O5S2/c22-18-14-13(11-8-10(21(24)25)6-7-12(11)26-18)16-17(20-19(23)28-16)27-15(14)9-4-2-1-3-5-9/h1-8,13-15H,(H,20,23)/t13-,14-,15-/m1/s1. The lowest BCUT2D eigenvalue weighted by atomic mass is 9.78. The summed E-state index contributed by atoms with van der Waals surface area (Å²) in [6, 6.07) is 13.8. The number of non-ortho nitro benzene ring substituents is 1. The molecule has 2 aliphatic rings. The molecule has 28 heavy (non-hydrogen) atoms. The molecule has 1 N–H and O–H groups in total. The molecule has 7 nitrogen and oxygen atoms in total. The number of ether oxygens (including phenoxy) is 1. The van der Waals surface area contributed by atoms with Gasteiger partial charge in [-0.05, 0) is 11.6 Å². The fourth-order valence-corrected chi connectivity index (χ4v) is 6.42. The van der Waals surface area contributed by atoms with Gasteiger partial charge in [-0.25, -0.2) is 0 Å². The monoisotopic (exact) mass is 412 g/mol. The van der Waals surface area contributed by atoms with Gasteiger partial charge in [-0.2, -0.15) is 0 Å². The summed E-state index contributed by atoms with van der Waals surface area (Å²) >= 11 is 2.47. The minimum atomic E-state index is -0.583. The van der Waals surface area contributed by atoms with Crippen molar-refractivity contribution in [3.63, 3.8) is 0 Å². The Bertz CT molecular complexity index is 1170. The summed E-state index contributed by atoms with van der Waals surface area (Å²) in [4.78, 5) is 39.2. The number of nitrogens with one attached hydrogen (secondary N) is 1. The minimum absolute atomic E-state index is 0.0747. The molecule has 1 aromatic heterocycles. The number of hydrogen-bond donors (Lipinski definition) is 1. The topological polar surface area (TPSA) is 102 Å². The summed E-state index contributed by atoms with van der Waals surface area (Å²) in [7, 11) is 0. The van der Waals surface area contributed by atoms with Crippen LogP contribution < -0.4 is 9.61 Å². The summed E-state index contributed by atoms with van der Waals surface area (Å²) in [6.07, 6.45) is 0. The molecule has 3 aromatic rings. The Morgan fingerprint density at radius 2 is 1.89 bits per heavy atom. The molecule has 3 atom stereocenters. The van der Waals surface area contributed by atoms with Crippen molar-refractivity contribution < 1.29 is 14.5 Å². The predicted molar refractivity (Wildman–Crippen MR) is 104 cm³/mol. The van der Waals surface area contributed by atoms with E-state index >= 15 is 0 Å². The van der Waals surface area contributed by atoms with Gasteiger partial charge in [0.1, 0.15) is 5.75 Å². The van der Waals surface area contributed by atoms with Gasteiger partial charge in [-0.3, -0.25) is 19.7 Å². The van der Waals surface area contributed by atoms with Crippen molar-refractivity contribution in [3.8, 4) is 5.75 Å². The number of carbonyl (C=O) groups is 1. The number of nitrogens with zero attached hydrogens (tertiary/aromatic N) is 1. The maximum atomic E-state index is 13.0. The molecule has 0 amide bonds. The number of H-pyrrole nitrogens is 1. The highest BCUT2D eigenvalue weighted by atomic mass is 32.2. The molecule has 140 valence electrons. The van der Waals surface area contributed by atoms with E-state index in [4.69, 9.17) is 4.74 Å². The summed E-state index contributed by atoms with van der Waals surface area (Å²) in [5.41, 5.74) is 1.43. The second-order valence-corrected chi connectivity index (χ2v) is 8.73. The van der Waals surface area contributed by atoms with E-state index in [2.05, 4.69) is 4.98 Å². The smallest absolute Gasteiger partial charge is 0.316 e. The molecule has 0 radical (unpaired) electrons. The van der Waals surface area contributed by atoms with Gasteiger partial charge in [0, 0.05) is 28.5 Å². The number of fused-ring (bicyclic) bond motifs is 5. The van der Waals surface area contributed by atoms with Crippen LogP contribution in [0.1, 0.15) is 27.2 Å². The lowest BCUT2D eigenvalue weighted by Crippen LogP contribution is -2.37. The van der Waals surface area contributed by atoms with Crippen molar-refractivity contribution in [2.45, 2.75) is 16.2 Å². The largest absolute Gasteiger partial charge is 0.426 e. The van der Waals surface area contributed by atoms with Crippen LogP contribution >= 0.6 is 23.1 Å². The maximum Gasteiger partial charge on any atom is 0.316 e. The molecule has 3 heterocycles. The van der Waals surface area contributed by atoms with Crippen molar-refractivity contribution in [1.29, 1.82) is 0 Å². The number of thioether (sulfide) groups is 1. The maximum absolute atomic E-state index is 13.0. The molecule has 0 spiro atoms. The molecule has 5 rings (SSSR count). The van der Waals surface area contributed by atoms with Crippen molar-refractivity contribution in [3.05, 3.63) is 84.3 Å². The SMILES string of the molecule is O=C1Oc2ccc([N+](=O)[O-])cc2[C@H]2c3sc(=O)[nH]c3S[C@H](c3ccccc3)[C@H]12. The van der Waals surface area contributed by atoms with E-state index in [0.29, 0.717) is 16.3 Å². The van der Waals surface area contributed by atoms with E-state index in [1.54, 1.807) is 0 Å². The van der Waals surface area contributed by atoms with E-state index in [9.17, 15) is 19.7 Å². The van der Waals surface area contributed by atoms with Gasteiger partial charge < -0.3 is 9.72 Å². The third-order valence-corrected chi connectivity index (χ3v) is 7.48. The fourth-order valence-electron chi connectivity index (χ4n) is 3.83. The third-order valence-electron chi connectivity index (χ3n) is 5.00. The number of aromatic amines is 1. The highest BCUT2D eigenvalue weighted by Gasteiger charge is 2.49. The van der Waals surface area contributed by atoms with Crippen LogP contribution in [0.25, 0.3) is 0 Å². The van der Waals surface area contributed by atoms with Gasteiger partial charge in [0.25, 0.3) is 5.69 Å². The molecule has 0 bridgehead atoms. The molecule has 0 unspecified atom stereocenters. The molecule has 2 aliphatic heterocycles. The molecule has 0 aliphatic carbocycles. The number of nitro benzene ring substituents is 1. The Labute approximate surface area is 166 Å².